The molecule has 0 heterocycles. The number of anilines is 1. The minimum absolute atomic E-state index is 0.119. The predicted molar refractivity (Wildman–Crippen MR) is 120 cm³/mol. The van der Waals surface area contributed by atoms with E-state index in [1.54, 1.807) is 24.3 Å². The van der Waals surface area contributed by atoms with Crippen molar-refractivity contribution in [3.8, 4) is 5.75 Å². The lowest BCUT2D eigenvalue weighted by Gasteiger charge is -2.09. The first kappa shape index (κ1) is 22.2. The minimum Gasteiger partial charge on any atom is -0.484 e. The van der Waals surface area contributed by atoms with E-state index in [4.69, 9.17) is 4.74 Å². The molecule has 3 aromatic rings. The van der Waals surface area contributed by atoms with Gasteiger partial charge in [0.2, 0.25) is 0 Å². The third-order valence-electron chi connectivity index (χ3n) is 4.35. The highest BCUT2D eigenvalue weighted by atomic mass is 16.6. The first-order valence-electron chi connectivity index (χ1n) is 9.58. The Bertz CT molecular complexity index is 1180. The van der Waals surface area contributed by atoms with E-state index in [2.05, 4.69) is 15.8 Å². The van der Waals surface area contributed by atoms with Crippen LogP contribution in [0.3, 0.4) is 0 Å². The van der Waals surface area contributed by atoms with Crippen LogP contribution in [0.5, 0.6) is 5.75 Å². The molecule has 0 aliphatic rings. The Morgan fingerprint density at radius 2 is 1.84 bits per heavy atom. The van der Waals surface area contributed by atoms with E-state index in [-0.39, 0.29) is 23.8 Å². The second kappa shape index (κ2) is 10.5. The fourth-order valence-corrected chi connectivity index (χ4v) is 2.72. The number of nitrogens with zero attached hydrogens (tertiary/aromatic N) is 2. The fourth-order valence-electron chi connectivity index (χ4n) is 2.72. The summed E-state index contributed by atoms with van der Waals surface area (Å²) >= 11 is 0. The van der Waals surface area contributed by atoms with Crippen LogP contribution in [0.25, 0.3) is 0 Å². The van der Waals surface area contributed by atoms with E-state index in [9.17, 15) is 19.7 Å². The summed E-state index contributed by atoms with van der Waals surface area (Å²) in [6, 6.07) is 19.6. The summed E-state index contributed by atoms with van der Waals surface area (Å²) in [6.07, 6.45) is 1.40. The summed E-state index contributed by atoms with van der Waals surface area (Å²) in [7, 11) is 0. The second-order valence-electron chi connectivity index (χ2n) is 6.73. The van der Waals surface area contributed by atoms with Crippen LogP contribution >= 0.6 is 0 Å². The molecule has 0 radical (unpaired) electrons. The smallest absolute Gasteiger partial charge is 0.271 e. The lowest BCUT2D eigenvalue weighted by molar-refractivity contribution is -0.384. The van der Waals surface area contributed by atoms with Crippen LogP contribution in [0.2, 0.25) is 0 Å². The van der Waals surface area contributed by atoms with Gasteiger partial charge in [0, 0.05) is 23.4 Å². The number of amides is 2. The maximum atomic E-state index is 12.1. The molecular formula is C23H20N4O5. The number of non-ortho nitro benzene ring substituents is 1. The van der Waals surface area contributed by atoms with Crippen LogP contribution in [0.15, 0.2) is 77.9 Å². The lowest BCUT2D eigenvalue weighted by atomic mass is 10.2. The third kappa shape index (κ3) is 6.23. The van der Waals surface area contributed by atoms with Crippen molar-refractivity contribution in [2.75, 3.05) is 11.9 Å². The van der Waals surface area contributed by atoms with Crippen LogP contribution in [-0.2, 0) is 4.79 Å². The average Bonchev–Trinajstić information content (AvgIpc) is 2.79. The molecule has 32 heavy (non-hydrogen) atoms. The summed E-state index contributed by atoms with van der Waals surface area (Å²) < 4.78 is 5.53. The Kier molecular flexibility index (Phi) is 7.26. The molecule has 0 fully saturated rings. The topological polar surface area (TPSA) is 123 Å². The zero-order valence-corrected chi connectivity index (χ0v) is 17.1. The number of para-hydroxylation sites is 1. The minimum atomic E-state index is -0.578. The number of benzene rings is 3. The first-order valence-corrected chi connectivity index (χ1v) is 9.58. The first-order chi connectivity index (χ1) is 15.4. The zero-order chi connectivity index (χ0) is 22.9. The Hall–Kier alpha value is -4.53. The van der Waals surface area contributed by atoms with Gasteiger partial charge in [0.05, 0.1) is 11.1 Å². The van der Waals surface area contributed by atoms with Crippen LogP contribution in [-0.4, -0.2) is 29.6 Å². The molecule has 162 valence electrons. The number of nitro groups is 1. The van der Waals surface area contributed by atoms with E-state index in [1.807, 2.05) is 31.2 Å². The molecule has 0 saturated heterocycles. The summed E-state index contributed by atoms with van der Waals surface area (Å²) in [5.74, 6) is -0.410. The van der Waals surface area contributed by atoms with Gasteiger partial charge in [-0.15, -0.1) is 0 Å². The maximum Gasteiger partial charge on any atom is 0.271 e. The van der Waals surface area contributed by atoms with Gasteiger partial charge in [0.1, 0.15) is 5.75 Å². The molecule has 2 amide bonds. The van der Waals surface area contributed by atoms with E-state index in [0.29, 0.717) is 11.3 Å². The highest BCUT2D eigenvalue weighted by Crippen LogP contribution is 2.15. The third-order valence-corrected chi connectivity index (χ3v) is 4.35. The monoisotopic (exact) mass is 432 g/mol. The Morgan fingerprint density at radius 3 is 2.62 bits per heavy atom. The normalized spacial score (nSPS) is 10.5. The van der Waals surface area contributed by atoms with Gasteiger partial charge in [-0.1, -0.05) is 36.4 Å². The molecular weight excluding hydrogens is 412 g/mol. The molecule has 9 nitrogen and oxygen atoms in total. The van der Waals surface area contributed by atoms with E-state index in [0.717, 1.165) is 11.3 Å². The molecule has 0 aromatic heterocycles. The number of rotatable bonds is 8. The number of nitro benzene ring substituents is 1. The van der Waals surface area contributed by atoms with Gasteiger partial charge >= 0.3 is 0 Å². The molecule has 0 bridgehead atoms. The van der Waals surface area contributed by atoms with Crippen molar-refractivity contribution in [1.29, 1.82) is 0 Å². The Labute approximate surface area is 183 Å². The Balaban J connectivity index is 1.54. The molecule has 0 atom stereocenters. The summed E-state index contributed by atoms with van der Waals surface area (Å²) in [5, 5.41) is 17.5. The average molecular weight is 432 g/mol. The quantitative estimate of drug-likeness (QED) is 0.319. The standard InChI is InChI=1S/C23H20N4O5/c1-16-6-2-3-11-21(16)25-22(28)15-32-20-10-4-7-17(12-20)14-24-26-23(29)18-8-5-9-19(13-18)27(30)31/h2-14H,15H2,1H3,(H,25,28)(H,26,29)/b24-14+. The summed E-state index contributed by atoms with van der Waals surface area (Å²) in [6.45, 7) is 1.73. The molecule has 0 spiro atoms. The van der Waals surface area contributed by atoms with Crippen molar-refractivity contribution in [3.05, 3.63) is 99.6 Å². The summed E-state index contributed by atoms with van der Waals surface area (Å²) in [5.41, 5.74) is 4.55. The van der Waals surface area contributed by atoms with Crippen molar-refractivity contribution in [3.63, 3.8) is 0 Å². The van der Waals surface area contributed by atoms with E-state index >= 15 is 0 Å². The van der Waals surface area contributed by atoms with Crippen molar-refractivity contribution in [2.24, 2.45) is 5.10 Å². The number of ether oxygens (including phenoxy) is 1. The predicted octanol–water partition coefficient (Wildman–Crippen LogP) is 3.68. The number of carbonyl (C=O) groups is 2. The molecule has 3 aromatic carbocycles. The van der Waals surface area contributed by atoms with Crippen LogP contribution in [0.4, 0.5) is 11.4 Å². The van der Waals surface area contributed by atoms with E-state index < -0.39 is 10.8 Å². The second-order valence-corrected chi connectivity index (χ2v) is 6.73. The molecule has 0 aliphatic carbocycles. The zero-order valence-electron chi connectivity index (χ0n) is 17.1. The van der Waals surface area contributed by atoms with E-state index in [1.165, 1.54) is 30.5 Å². The summed E-state index contributed by atoms with van der Waals surface area (Å²) in [4.78, 5) is 34.5. The highest BCUT2D eigenvalue weighted by Gasteiger charge is 2.10. The van der Waals surface area contributed by atoms with Crippen molar-refractivity contribution in [2.45, 2.75) is 6.92 Å². The molecule has 0 saturated carbocycles. The largest absolute Gasteiger partial charge is 0.484 e. The number of carbonyl (C=O) groups excluding carboxylic acids is 2. The number of nitrogens with one attached hydrogen (secondary N) is 2. The van der Waals surface area contributed by atoms with Crippen molar-refractivity contribution in [1.82, 2.24) is 5.43 Å². The van der Waals surface area contributed by atoms with Gasteiger partial charge in [0.25, 0.3) is 17.5 Å². The Morgan fingerprint density at radius 1 is 1.06 bits per heavy atom. The van der Waals surface area contributed by atoms with Gasteiger partial charge in [-0.05, 0) is 42.3 Å². The van der Waals surface area contributed by atoms with Crippen molar-refractivity contribution < 1.29 is 19.2 Å². The maximum absolute atomic E-state index is 12.1. The van der Waals surface area contributed by atoms with Crippen LogP contribution in [0.1, 0.15) is 21.5 Å². The van der Waals surface area contributed by atoms with Crippen molar-refractivity contribution >= 4 is 29.4 Å². The van der Waals surface area contributed by atoms with Gasteiger partial charge < -0.3 is 10.1 Å². The SMILES string of the molecule is Cc1ccccc1NC(=O)COc1cccc(/C=N/NC(=O)c2cccc([N+](=O)[O-])c2)c1. The number of hydrogen-bond acceptors (Lipinski definition) is 6. The van der Waals surface area contributed by atoms with Gasteiger partial charge in [0.15, 0.2) is 6.61 Å². The lowest BCUT2D eigenvalue weighted by Crippen LogP contribution is -2.20. The molecule has 9 heteroatoms. The van der Waals surface area contributed by atoms with Gasteiger partial charge in [-0.3, -0.25) is 19.7 Å². The molecule has 0 aliphatic heterocycles. The van der Waals surface area contributed by atoms with Gasteiger partial charge in [-0.25, -0.2) is 5.43 Å². The fraction of sp³-hybridized carbons (Fsp3) is 0.0870. The van der Waals surface area contributed by atoms with Crippen LogP contribution < -0.4 is 15.5 Å². The highest BCUT2D eigenvalue weighted by molar-refractivity contribution is 5.95. The molecule has 2 N–H and O–H groups in total. The molecule has 0 unspecified atom stereocenters. The molecule has 3 rings (SSSR count). The number of hydrogen-bond donors (Lipinski definition) is 2. The number of hydrazone groups is 1. The number of aryl methyl sites for hydroxylation is 1. The van der Waals surface area contributed by atoms with Crippen LogP contribution in [0, 0.1) is 17.0 Å². The van der Waals surface area contributed by atoms with Gasteiger partial charge in [-0.2, -0.15) is 5.10 Å².